The van der Waals surface area contributed by atoms with Gasteiger partial charge in [0.2, 0.25) is 0 Å². The Bertz CT molecular complexity index is 356. The monoisotopic (exact) mass is 148 g/mol. The quantitative estimate of drug-likeness (QED) is 0.576. The third-order valence-electron chi connectivity index (χ3n) is 1.79. The average Bonchev–Trinajstić information content (AvgIpc) is 2.30. The van der Waals surface area contributed by atoms with Gasteiger partial charge in [0.1, 0.15) is 0 Å². The van der Waals surface area contributed by atoms with Gasteiger partial charge in [0.25, 0.3) is 0 Å². The molecule has 0 saturated heterocycles. The number of hydrogen-bond acceptors (Lipinski definition) is 2. The molecule has 0 radical (unpaired) electrons. The zero-order valence-electron chi connectivity index (χ0n) is 6.15. The highest BCUT2D eigenvalue weighted by molar-refractivity contribution is 5.82. The Morgan fingerprint density at radius 1 is 1.55 bits per heavy atom. The lowest BCUT2D eigenvalue weighted by molar-refractivity contribution is 0.200. The second-order valence-corrected chi connectivity index (χ2v) is 2.55. The van der Waals surface area contributed by atoms with Crippen molar-refractivity contribution in [2.75, 3.05) is 0 Å². The van der Waals surface area contributed by atoms with Gasteiger partial charge in [-0.2, -0.15) is 4.73 Å². The van der Waals surface area contributed by atoms with Gasteiger partial charge in [-0.15, -0.1) is 0 Å². The van der Waals surface area contributed by atoms with Gasteiger partial charge in [0.05, 0.1) is 5.52 Å². The molecule has 2 aromatic heterocycles. The van der Waals surface area contributed by atoms with Crippen LogP contribution in [0.3, 0.4) is 0 Å². The van der Waals surface area contributed by atoms with Crippen molar-refractivity contribution in [3.05, 3.63) is 30.2 Å². The minimum Gasteiger partial charge on any atom is -0.428 e. The van der Waals surface area contributed by atoms with E-state index in [9.17, 15) is 5.21 Å². The molecular weight excluding hydrogens is 140 g/mol. The van der Waals surface area contributed by atoms with Gasteiger partial charge < -0.3 is 5.21 Å². The number of fused-ring (bicyclic) bond motifs is 1. The van der Waals surface area contributed by atoms with Crippen LogP contribution in [0.2, 0.25) is 0 Å². The number of aryl methyl sites for hydroxylation is 1. The second-order valence-electron chi connectivity index (χ2n) is 2.55. The molecule has 0 aromatic carbocycles. The first-order valence-electron chi connectivity index (χ1n) is 3.40. The molecule has 0 aliphatic heterocycles. The zero-order valence-corrected chi connectivity index (χ0v) is 6.15. The Kier molecular flexibility index (Phi) is 1.12. The van der Waals surface area contributed by atoms with Gasteiger partial charge in [-0.05, 0) is 18.6 Å². The highest BCUT2D eigenvalue weighted by Gasteiger charge is 2.01. The molecule has 0 aliphatic carbocycles. The molecule has 0 unspecified atom stereocenters. The van der Waals surface area contributed by atoms with E-state index in [0.29, 0.717) is 0 Å². The maximum absolute atomic E-state index is 9.28. The van der Waals surface area contributed by atoms with Crippen molar-refractivity contribution in [1.82, 2.24) is 9.71 Å². The fourth-order valence-corrected chi connectivity index (χ4v) is 1.21. The van der Waals surface area contributed by atoms with Crippen LogP contribution >= 0.6 is 0 Å². The average molecular weight is 148 g/mol. The molecule has 2 rings (SSSR count). The Morgan fingerprint density at radius 3 is 3.09 bits per heavy atom. The molecule has 0 fully saturated rings. The van der Waals surface area contributed by atoms with E-state index in [1.165, 1.54) is 0 Å². The third-order valence-corrected chi connectivity index (χ3v) is 1.79. The Hall–Kier alpha value is -1.51. The van der Waals surface area contributed by atoms with Crippen molar-refractivity contribution in [3.8, 4) is 0 Å². The van der Waals surface area contributed by atoms with Crippen molar-refractivity contribution in [1.29, 1.82) is 0 Å². The van der Waals surface area contributed by atoms with Gasteiger partial charge in [0, 0.05) is 24.0 Å². The SMILES string of the molecule is Cc1cn(O)c2ccncc12. The summed E-state index contributed by atoms with van der Waals surface area (Å²) >= 11 is 0. The van der Waals surface area contributed by atoms with Crippen LogP contribution in [0.4, 0.5) is 0 Å². The van der Waals surface area contributed by atoms with E-state index < -0.39 is 0 Å². The first-order chi connectivity index (χ1) is 5.29. The summed E-state index contributed by atoms with van der Waals surface area (Å²) < 4.78 is 1.12. The van der Waals surface area contributed by atoms with Crippen LogP contribution in [0.5, 0.6) is 0 Å². The number of nitrogens with zero attached hydrogens (tertiary/aromatic N) is 2. The van der Waals surface area contributed by atoms with E-state index in [1.807, 2.05) is 6.92 Å². The van der Waals surface area contributed by atoms with Gasteiger partial charge in [-0.1, -0.05) is 0 Å². The van der Waals surface area contributed by atoms with Gasteiger partial charge >= 0.3 is 0 Å². The second kappa shape index (κ2) is 1.99. The lowest BCUT2D eigenvalue weighted by atomic mass is 10.2. The van der Waals surface area contributed by atoms with E-state index in [4.69, 9.17) is 0 Å². The Morgan fingerprint density at radius 2 is 2.36 bits per heavy atom. The molecule has 2 aromatic rings. The maximum atomic E-state index is 9.28. The van der Waals surface area contributed by atoms with E-state index in [0.717, 1.165) is 21.2 Å². The molecule has 2 heterocycles. The first kappa shape index (κ1) is 6.22. The smallest absolute Gasteiger partial charge is 0.0898 e. The normalized spacial score (nSPS) is 10.6. The summed E-state index contributed by atoms with van der Waals surface area (Å²) in [6, 6.07) is 1.78. The molecule has 3 nitrogen and oxygen atoms in total. The molecular formula is C8H8N2O. The summed E-state index contributed by atoms with van der Waals surface area (Å²) in [6.45, 7) is 1.94. The maximum Gasteiger partial charge on any atom is 0.0898 e. The fourth-order valence-electron chi connectivity index (χ4n) is 1.21. The molecule has 0 saturated carbocycles. The summed E-state index contributed by atoms with van der Waals surface area (Å²) in [4.78, 5) is 3.96. The number of rotatable bonds is 0. The van der Waals surface area contributed by atoms with E-state index in [2.05, 4.69) is 4.98 Å². The Labute approximate surface area is 63.9 Å². The van der Waals surface area contributed by atoms with Crippen LogP contribution in [-0.2, 0) is 0 Å². The lowest BCUT2D eigenvalue weighted by Crippen LogP contribution is -1.84. The summed E-state index contributed by atoms with van der Waals surface area (Å²) in [5.74, 6) is 0. The number of hydrogen-bond donors (Lipinski definition) is 1. The van der Waals surface area contributed by atoms with Crippen molar-refractivity contribution < 1.29 is 5.21 Å². The minimum absolute atomic E-state index is 0.803. The van der Waals surface area contributed by atoms with Crippen LogP contribution in [0.15, 0.2) is 24.7 Å². The summed E-state index contributed by atoms with van der Waals surface area (Å²) in [5.41, 5.74) is 1.84. The van der Waals surface area contributed by atoms with Crippen LogP contribution in [0.1, 0.15) is 5.56 Å². The third kappa shape index (κ3) is 0.774. The molecule has 3 heteroatoms. The predicted molar refractivity (Wildman–Crippen MR) is 41.7 cm³/mol. The van der Waals surface area contributed by atoms with Gasteiger partial charge in [-0.3, -0.25) is 4.98 Å². The summed E-state index contributed by atoms with van der Waals surface area (Å²) in [7, 11) is 0. The predicted octanol–water partition coefficient (Wildman–Crippen LogP) is 1.58. The molecule has 0 atom stereocenters. The van der Waals surface area contributed by atoms with E-state index >= 15 is 0 Å². The van der Waals surface area contributed by atoms with Crippen LogP contribution < -0.4 is 0 Å². The lowest BCUT2D eigenvalue weighted by Gasteiger charge is -1.90. The van der Waals surface area contributed by atoms with Crippen molar-refractivity contribution in [2.24, 2.45) is 0 Å². The van der Waals surface area contributed by atoms with E-state index in [-0.39, 0.29) is 0 Å². The molecule has 1 N–H and O–H groups in total. The van der Waals surface area contributed by atoms with Crippen LogP contribution in [0.25, 0.3) is 10.9 Å². The molecule has 0 bridgehead atoms. The highest BCUT2D eigenvalue weighted by Crippen LogP contribution is 2.16. The van der Waals surface area contributed by atoms with Crippen molar-refractivity contribution >= 4 is 10.9 Å². The number of pyridine rings is 1. The van der Waals surface area contributed by atoms with Gasteiger partial charge in [0.15, 0.2) is 0 Å². The standard InChI is InChI=1S/C8H8N2O/c1-6-5-10(11)8-2-3-9-4-7(6)8/h2-5,11H,1H3. The minimum atomic E-state index is 0.803. The summed E-state index contributed by atoms with van der Waals surface area (Å²) in [5, 5.41) is 10.3. The van der Waals surface area contributed by atoms with Crippen LogP contribution in [-0.4, -0.2) is 14.9 Å². The molecule has 0 spiro atoms. The largest absolute Gasteiger partial charge is 0.428 e. The first-order valence-corrected chi connectivity index (χ1v) is 3.40. The molecule has 0 aliphatic rings. The van der Waals surface area contributed by atoms with Crippen molar-refractivity contribution in [2.45, 2.75) is 6.92 Å². The molecule has 0 amide bonds. The number of aromatic nitrogens is 2. The highest BCUT2D eigenvalue weighted by atomic mass is 16.5. The van der Waals surface area contributed by atoms with E-state index in [1.54, 1.807) is 24.7 Å². The molecule has 11 heavy (non-hydrogen) atoms. The zero-order chi connectivity index (χ0) is 7.84. The topological polar surface area (TPSA) is 38.0 Å². The fraction of sp³-hybridized carbons (Fsp3) is 0.125. The Balaban J connectivity index is 2.95. The van der Waals surface area contributed by atoms with Gasteiger partial charge in [-0.25, -0.2) is 0 Å². The van der Waals surface area contributed by atoms with Crippen molar-refractivity contribution in [3.63, 3.8) is 0 Å². The van der Waals surface area contributed by atoms with Crippen LogP contribution in [0, 0.1) is 6.92 Å². The summed E-state index contributed by atoms with van der Waals surface area (Å²) in [6.07, 6.45) is 5.08. The molecule has 56 valence electrons.